The number of fused-ring (bicyclic) bond motifs is 2. The molecule has 0 aliphatic heterocycles. The summed E-state index contributed by atoms with van der Waals surface area (Å²) in [7, 11) is 0. The van der Waals surface area contributed by atoms with Crippen LogP contribution in [-0.2, 0) is 13.1 Å². The molecule has 3 heterocycles. The first-order valence-corrected chi connectivity index (χ1v) is 11.4. The van der Waals surface area contributed by atoms with Gasteiger partial charge >= 0.3 is 0 Å². The van der Waals surface area contributed by atoms with E-state index < -0.39 is 5.91 Å². The van der Waals surface area contributed by atoms with Gasteiger partial charge in [-0.1, -0.05) is 66.2 Å². The van der Waals surface area contributed by atoms with Gasteiger partial charge in [0, 0.05) is 12.7 Å². The number of nitrogens with zero attached hydrogens (tertiary/aromatic N) is 3. The van der Waals surface area contributed by atoms with Gasteiger partial charge in [0.05, 0.1) is 17.5 Å². The number of amides is 1. The third-order valence-corrected chi connectivity index (χ3v) is 6.06. The van der Waals surface area contributed by atoms with Crippen molar-refractivity contribution in [3.63, 3.8) is 0 Å². The van der Waals surface area contributed by atoms with Crippen molar-refractivity contribution in [1.82, 2.24) is 19.3 Å². The topological polar surface area (TPSA) is 92.2 Å². The molecule has 0 bridgehead atoms. The van der Waals surface area contributed by atoms with Crippen LogP contribution >= 0.6 is 0 Å². The van der Waals surface area contributed by atoms with Crippen LogP contribution in [0, 0.1) is 19.3 Å². The summed E-state index contributed by atoms with van der Waals surface area (Å²) in [5.74, 6) is -0.410. The minimum atomic E-state index is -0.410. The van der Waals surface area contributed by atoms with E-state index in [9.17, 15) is 9.59 Å². The summed E-state index contributed by atoms with van der Waals surface area (Å²) in [6.45, 7) is 4.55. The van der Waals surface area contributed by atoms with E-state index in [-0.39, 0.29) is 16.6 Å². The van der Waals surface area contributed by atoms with Crippen LogP contribution in [-0.4, -0.2) is 19.9 Å². The van der Waals surface area contributed by atoms with E-state index in [1.165, 1.54) is 10.5 Å². The van der Waals surface area contributed by atoms with Gasteiger partial charge in [0.1, 0.15) is 16.8 Å². The van der Waals surface area contributed by atoms with Crippen molar-refractivity contribution in [3.8, 4) is 0 Å². The van der Waals surface area contributed by atoms with Gasteiger partial charge in [-0.05, 0) is 42.7 Å². The lowest BCUT2D eigenvalue weighted by atomic mass is 10.1. The predicted octanol–water partition coefficient (Wildman–Crippen LogP) is 3.72. The minimum absolute atomic E-state index is 0.00648. The van der Waals surface area contributed by atoms with Crippen molar-refractivity contribution < 1.29 is 4.79 Å². The Morgan fingerprint density at radius 1 is 0.943 bits per heavy atom. The van der Waals surface area contributed by atoms with Crippen LogP contribution in [0.1, 0.15) is 32.6 Å². The van der Waals surface area contributed by atoms with Crippen LogP contribution in [0.3, 0.4) is 0 Å². The Balaban J connectivity index is 1.68. The fourth-order valence-electron chi connectivity index (χ4n) is 4.12. The molecule has 2 N–H and O–H groups in total. The van der Waals surface area contributed by atoms with E-state index in [0.29, 0.717) is 29.8 Å². The molecule has 0 aliphatic carbocycles. The second-order valence-corrected chi connectivity index (χ2v) is 8.74. The van der Waals surface area contributed by atoms with E-state index in [2.05, 4.69) is 5.32 Å². The van der Waals surface area contributed by atoms with E-state index in [0.717, 1.165) is 22.3 Å². The maximum absolute atomic E-state index is 13.5. The lowest BCUT2D eigenvalue weighted by Gasteiger charge is -2.15. The number of hydrogen-bond donors (Lipinski definition) is 2. The van der Waals surface area contributed by atoms with E-state index in [1.54, 1.807) is 16.8 Å². The molecule has 35 heavy (non-hydrogen) atoms. The van der Waals surface area contributed by atoms with E-state index in [1.807, 2.05) is 74.5 Å². The maximum Gasteiger partial charge on any atom is 0.267 e. The largest absolute Gasteiger partial charge is 0.348 e. The van der Waals surface area contributed by atoms with Crippen LogP contribution < -0.4 is 16.4 Å². The number of carbonyl (C=O) groups is 1. The molecule has 5 aromatic rings. The van der Waals surface area contributed by atoms with E-state index >= 15 is 0 Å². The smallest absolute Gasteiger partial charge is 0.267 e. The Labute approximate surface area is 201 Å². The molecule has 0 saturated carbocycles. The fraction of sp³-hybridized carbons (Fsp3) is 0.143. The standard InChI is InChI=1S/C28H25N5O2/c1-18-8-11-21(12-9-18)17-33-25(29)22(27(34)30-15-20-6-4-3-5-7-20)14-23-26(33)31-24-13-10-19(2)16-32(24)28(23)35/h3-14,16,29H,15,17H2,1-2H3,(H,30,34). The van der Waals surface area contributed by atoms with Crippen molar-refractivity contribution in [1.29, 1.82) is 5.41 Å². The number of aromatic nitrogens is 3. The van der Waals surface area contributed by atoms with Crippen LogP contribution in [0.25, 0.3) is 16.7 Å². The van der Waals surface area contributed by atoms with Crippen molar-refractivity contribution in [2.45, 2.75) is 26.9 Å². The van der Waals surface area contributed by atoms with Gasteiger partial charge in [0.15, 0.2) is 0 Å². The van der Waals surface area contributed by atoms with Gasteiger partial charge in [0.25, 0.3) is 11.5 Å². The number of pyridine rings is 2. The summed E-state index contributed by atoms with van der Waals surface area (Å²) in [6, 6.07) is 22.7. The molecule has 3 aromatic heterocycles. The number of benzene rings is 2. The number of rotatable bonds is 5. The number of nitrogens with one attached hydrogen (secondary N) is 2. The molecule has 0 fully saturated rings. The summed E-state index contributed by atoms with van der Waals surface area (Å²) < 4.78 is 3.13. The molecule has 0 radical (unpaired) electrons. The summed E-state index contributed by atoms with van der Waals surface area (Å²) in [6.07, 6.45) is 1.73. The summed E-state index contributed by atoms with van der Waals surface area (Å²) >= 11 is 0. The lowest BCUT2D eigenvalue weighted by Crippen LogP contribution is -2.35. The second kappa shape index (κ2) is 9.02. The molecule has 0 saturated heterocycles. The third kappa shape index (κ3) is 4.36. The highest BCUT2D eigenvalue weighted by molar-refractivity contribution is 5.96. The zero-order chi connectivity index (χ0) is 24.5. The van der Waals surface area contributed by atoms with Gasteiger partial charge in [-0.3, -0.25) is 19.4 Å². The fourth-order valence-corrected chi connectivity index (χ4v) is 4.12. The molecule has 7 heteroatoms. The molecule has 1 amide bonds. The summed E-state index contributed by atoms with van der Waals surface area (Å²) in [4.78, 5) is 31.4. The maximum atomic E-state index is 13.5. The average molecular weight is 464 g/mol. The van der Waals surface area contributed by atoms with Crippen LogP contribution in [0.2, 0.25) is 0 Å². The Morgan fingerprint density at radius 3 is 2.40 bits per heavy atom. The second-order valence-electron chi connectivity index (χ2n) is 8.74. The normalized spacial score (nSPS) is 11.1. The average Bonchev–Trinajstić information content (AvgIpc) is 2.87. The first kappa shape index (κ1) is 22.3. The molecular formula is C28H25N5O2. The van der Waals surface area contributed by atoms with Crippen LogP contribution in [0.5, 0.6) is 0 Å². The van der Waals surface area contributed by atoms with Gasteiger partial charge in [0.2, 0.25) is 0 Å². The molecule has 174 valence electrons. The van der Waals surface area contributed by atoms with Gasteiger partial charge in [-0.2, -0.15) is 0 Å². The first-order chi connectivity index (χ1) is 16.9. The quantitative estimate of drug-likeness (QED) is 0.389. The molecule has 0 unspecified atom stereocenters. The number of aryl methyl sites for hydroxylation is 2. The predicted molar refractivity (Wildman–Crippen MR) is 135 cm³/mol. The Morgan fingerprint density at radius 2 is 1.66 bits per heavy atom. The van der Waals surface area contributed by atoms with Crippen molar-refractivity contribution in [3.05, 3.63) is 123 Å². The first-order valence-electron chi connectivity index (χ1n) is 11.4. The monoisotopic (exact) mass is 463 g/mol. The Bertz CT molecular complexity index is 1680. The molecular weight excluding hydrogens is 438 g/mol. The Kier molecular flexibility index (Phi) is 5.74. The molecule has 5 rings (SSSR count). The lowest BCUT2D eigenvalue weighted by molar-refractivity contribution is 0.0948. The third-order valence-electron chi connectivity index (χ3n) is 6.06. The molecule has 7 nitrogen and oxygen atoms in total. The van der Waals surface area contributed by atoms with Crippen molar-refractivity contribution in [2.75, 3.05) is 0 Å². The highest BCUT2D eigenvalue weighted by atomic mass is 16.1. The number of hydrogen-bond acceptors (Lipinski definition) is 4. The number of carbonyl (C=O) groups excluding carboxylic acids is 1. The minimum Gasteiger partial charge on any atom is -0.348 e. The molecule has 2 aromatic carbocycles. The molecule has 0 aliphatic rings. The van der Waals surface area contributed by atoms with Crippen LogP contribution in [0.15, 0.2) is 83.8 Å². The zero-order valence-corrected chi connectivity index (χ0v) is 19.6. The van der Waals surface area contributed by atoms with E-state index in [4.69, 9.17) is 10.4 Å². The molecule has 0 atom stereocenters. The molecule has 0 spiro atoms. The van der Waals surface area contributed by atoms with Gasteiger partial charge in [-0.25, -0.2) is 4.98 Å². The van der Waals surface area contributed by atoms with Crippen molar-refractivity contribution >= 4 is 22.6 Å². The Hall–Kier alpha value is -4.52. The highest BCUT2D eigenvalue weighted by Gasteiger charge is 2.18. The van der Waals surface area contributed by atoms with Crippen molar-refractivity contribution in [2.24, 2.45) is 0 Å². The SMILES string of the molecule is Cc1ccc(Cn2c(=N)c(C(=O)NCc3ccccc3)cc3c(=O)n4cc(C)ccc4nc32)cc1. The summed E-state index contributed by atoms with van der Waals surface area (Å²) in [5, 5.41) is 12.1. The summed E-state index contributed by atoms with van der Waals surface area (Å²) in [5.41, 5.74) is 4.68. The highest BCUT2D eigenvalue weighted by Crippen LogP contribution is 2.14. The van der Waals surface area contributed by atoms with Crippen LogP contribution in [0.4, 0.5) is 0 Å². The van der Waals surface area contributed by atoms with Gasteiger partial charge < -0.3 is 9.88 Å². The zero-order valence-electron chi connectivity index (χ0n) is 19.6. The van der Waals surface area contributed by atoms with Gasteiger partial charge in [-0.15, -0.1) is 0 Å².